The molecule has 7 heteroatoms. The smallest absolute Gasteiger partial charge is 0.326 e. The third-order valence-corrected chi connectivity index (χ3v) is 2.80. The van der Waals surface area contributed by atoms with Crippen molar-refractivity contribution in [2.45, 2.75) is 26.8 Å². The van der Waals surface area contributed by atoms with Crippen LogP contribution in [0.3, 0.4) is 0 Å². The molecule has 0 aliphatic heterocycles. The Balaban J connectivity index is 2.84. The number of benzene rings is 1. The molecule has 3 N–H and O–H groups in total. The van der Waals surface area contributed by atoms with E-state index in [0.29, 0.717) is 0 Å². The van der Waals surface area contributed by atoms with Gasteiger partial charge >= 0.3 is 12.0 Å². The average Bonchev–Trinajstić information content (AvgIpc) is 2.36. The second-order valence-corrected chi connectivity index (χ2v) is 5.58. The molecule has 1 rings (SSSR count). The largest absolute Gasteiger partial charge is 0.494 e. The van der Waals surface area contributed by atoms with Crippen molar-refractivity contribution in [2.75, 3.05) is 12.4 Å². The number of amides is 2. The molecule has 0 aliphatic rings. The van der Waals surface area contributed by atoms with Crippen molar-refractivity contribution in [2.24, 2.45) is 5.41 Å². The van der Waals surface area contributed by atoms with E-state index in [0.717, 1.165) is 12.1 Å². The molecular weight excluding hydrogens is 279 g/mol. The van der Waals surface area contributed by atoms with Gasteiger partial charge in [-0.3, -0.25) is 0 Å². The van der Waals surface area contributed by atoms with Crippen molar-refractivity contribution in [3.8, 4) is 5.75 Å². The molecule has 0 saturated heterocycles. The van der Waals surface area contributed by atoms with Gasteiger partial charge in [0.05, 0.1) is 12.8 Å². The number of hydrogen-bond acceptors (Lipinski definition) is 3. The number of carbonyl (C=O) groups is 2. The third kappa shape index (κ3) is 4.62. The van der Waals surface area contributed by atoms with Gasteiger partial charge in [0.15, 0.2) is 0 Å². The minimum atomic E-state index is -1.14. The lowest BCUT2D eigenvalue weighted by Gasteiger charge is -2.27. The molecule has 0 bridgehead atoms. The van der Waals surface area contributed by atoms with Crippen LogP contribution in [0.5, 0.6) is 5.75 Å². The quantitative estimate of drug-likeness (QED) is 0.796. The molecule has 1 aromatic rings. The Labute approximate surface area is 122 Å². The molecule has 1 atom stereocenters. The normalized spacial score (nSPS) is 12.4. The highest BCUT2D eigenvalue weighted by atomic mass is 19.1. The summed E-state index contributed by atoms with van der Waals surface area (Å²) >= 11 is 0. The van der Waals surface area contributed by atoms with E-state index in [9.17, 15) is 14.0 Å². The van der Waals surface area contributed by atoms with Crippen LogP contribution in [0.4, 0.5) is 14.9 Å². The number of rotatable bonds is 4. The van der Waals surface area contributed by atoms with Crippen LogP contribution in [-0.4, -0.2) is 30.3 Å². The van der Waals surface area contributed by atoms with E-state index in [1.54, 1.807) is 20.8 Å². The van der Waals surface area contributed by atoms with Crippen molar-refractivity contribution in [1.82, 2.24) is 5.32 Å². The van der Waals surface area contributed by atoms with Crippen LogP contribution < -0.4 is 15.4 Å². The highest BCUT2D eigenvalue weighted by Gasteiger charge is 2.32. The first-order valence-corrected chi connectivity index (χ1v) is 6.29. The molecule has 0 aromatic heterocycles. The van der Waals surface area contributed by atoms with Crippen LogP contribution in [0.25, 0.3) is 0 Å². The van der Waals surface area contributed by atoms with Crippen LogP contribution in [0.1, 0.15) is 20.8 Å². The van der Waals surface area contributed by atoms with E-state index < -0.39 is 29.3 Å². The van der Waals surface area contributed by atoms with Crippen molar-refractivity contribution < 1.29 is 23.8 Å². The van der Waals surface area contributed by atoms with Gasteiger partial charge in [-0.1, -0.05) is 20.8 Å². The fourth-order valence-corrected chi connectivity index (χ4v) is 1.71. The Morgan fingerprint density at radius 1 is 1.33 bits per heavy atom. The Morgan fingerprint density at radius 2 is 1.95 bits per heavy atom. The summed E-state index contributed by atoms with van der Waals surface area (Å²) in [5.74, 6) is -1.49. The summed E-state index contributed by atoms with van der Waals surface area (Å²) in [5.41, 5.74) is -0.412. The lowest BCUT2D eigenvalue weighted by molar-refractivity contribution is -0.141. The monoisotopic (exact) mass is 298 g/mol. The standard InChI is InChI=1S/C14H19FN2O4/c1-14(2,3)11(12(18)19)17-13(20)16-9-6-5-8(15)7-10(9)21-4/h5-7,11H,1-4H3,(H,18,19)(H2,16,17,20). The summed E-state index contributed by atoms with van der Waals surface area (Å²) < 4.78 is 18.0. The molecular formula is C14H19FN2O4. The predicted octanol–water partition coefficient (Wildman–Crippen LogP) is 2.46. The fraction of sp³-hybridized carbons (Fsp3) is 0.429. The number of ether oxygens (including phenoxy) is 1. The van der Waals surface area contributed by atoms with E-state index >= 15 is 0 Å². The zero-order valence-electron chi connectivity index (χ0n) is 12.4. The lowest BCUT2D eigenvalue weighted by Crippen LogP contribution is -2.50. The van der Waals surface area contributed by atoms with Crippen molar-refractivity contribution in [3.63, 3.8) is 0 Å². The van der Waals surface area contributed by atoms with Crippen molar-refractivity contribution >= 4 is 17.7 Å². The maximum atomic E-state index is 13.1. The minimum absolute atomic E-state index is 0.146. The molecule has 1 unspecified atom stereocenters. The zero-order valence-corrected chi connectivity index (χ0v) is 12.4. The molecule has 0 saturated carbocycles. The van der Waals surface area contributed by atoms with Gasteiger partial charge in [0.1, 0.15) is 17.6 Å². The van der Waals surface area contributed by atoms with E-state index in [1.165, 1.54) is 13.2 Å². The molecule has 21 heavy (non-hydrogen) atoms. The van der Waals surface area contributed by atoms with Gasteiger partial charge in [0.25, 0.3) is 0 Å². The summed E-state index contributed by atoms with van der Waals surface area (Å²) in [6.07, 6.45) is 0. The Morgan fingerprint density at radius 3 is 2.43 bits per heavy atom. The van der Waals surface area contributed by atoms with E-state index in [-0.39, 0.29) is 11.4 Å². The van der Waals surface area contributed by atoms with Gasteiger partial charge in [0.2, 0.25) is 0 Å². The number of anilines is 1. The summed E-state index contributed by atoms with van der Waals surface area (Å²) in [5, 5.41) is 14.0. The predicted molar refractivity (Wildman–Crippen MR) is 76.0 cm³/mol. The highest BCUT2D eigenvalue weighted by Crippen LogP contribution is 2.25. The van der Waals surface area contributed by atoms with E-state index in [4.69, 9.17) is 9.84 Å². The van der Waals surface area contributed by atoms with Crippen LogP contribution >= 0.6 is 0 Å². The highest BCUT2D eigenvalue weighted by molar-refractivity contribution is 5.93. The van der Waals surface area contributed by atoms with Crippen LogP contribution in [0.15, 0.2) is 18.2 Å². The van der Waals surface area contributed by atoms with Gasteiger partial charge in [-0.2, -0.15) is 0 Å². The van der Waals surface area contributed by atoms with Crippen LogP contribution in [-0.2, 0) is 4.79 Å². The number of halogens is 1. The summed E-state index contributed by atoms with van der Waals surface area (Å²) in [6.45, 7) is 5.10. The van der Waals surface area contributed by atoms with E-state index in [1.807, 2.05) is 0 Å². The second-order valence-electron chi connectivity index (χ2n) is 5.58. The number of urea groups is 1. The maximum absolute atomic E-state index is 13.1. The Hall–Kier alpha value is -2.31. The number of hydrogen-bond donors (Lipinski definition) is 3. The first-order chi connectivity index (χ1) is 9.65. The second kappa shape index (κ2) is 6.43. The van der Waals surface area contributed by atoms with E-state index in [2.05, 4.69) is 10.6 Å². The Kier molecular flexibility index (Phi) is 5.12. The summed E-state index contributed by atoms with van der Waals surface area (Å²) in [7, 11) is 1.34. The van der Waals surface area contributed by atoms with Gasteiger partial charge in [0, 0.05) is 6.07 Å². The molecule has 0 heterocycles. The molecule has 0 fully saturated rings. The van der Waals surface area contributed by atoms with Gasteiger partial charge in [-0.15, -0.1) is 0 Å². The number of carboxylic acids is 1. The van der Waals surface area contributed by atoms with Crippen LogP contribution in [0, 0.1) is 11.2 Å². The molecule has 0 aliphatic carbocycles. The molecule has 2 amide bonds. The summed E-state index contributed by atoms with van der Waals surface area (Å²) in [4.78, 5) is 23.1. The number of aliphatic carboxylic acids is 1. The number of methoxy groups -OCH3 is 1. The summed E-state index contributed by atoms with van der Waals surface area (Å²) in [6, 6.07) is 1.84. The Bertz CT molecular complexity index is 540. The average molecular weight is 298 g/mol. The minimum Gasteiger partial charge on any atom is -0.494 e. The molecule has 0 spiro atoms. The number of carbonyl (C=O) groups excluding carboxylic acids is 1. The number of carboxylic acid groups (broad SMARTS) is 1. The molecule has 6 nitrogen and oxygen atoms in total. The first kappa shape index (κ1) is 16.7. The van der Waals surface area contributed by atoms with Crippen molar-refractivity contribution in [3.05, 3.63) is 24.0 Å². The van der Waals surface area contributed by atoms with Crippen molar-refractivity contribution in [1.29, 1.82) is 0 Å². The topological polar surface area (TPSA) is 87.7 Å². The lowest BCUT2D eigenvalue weighted by atomic mass is 9.87. The fourth-order valence-electron chi connectivity index (χ4n) is 1.71. The third-order valence-electron chi connectivity index (χ3n) is 2.80. The van der Waals surface area contributed by atoms with Gasteiger partial charge in [-0.25, -0.2) is 14.0 Å². The molecule has 1 aromatic carbocycles. The van der Waals surface area contributed by atoms with Crippen LogP contribution in [0.2, 0.25) is 0 Å². The number of nitrogens with one attached hydrogen (secondary N) is 2. The molecule has 0 radical (unpaired) electrons. The zero-order chi connectivity index (χ0) is 16.2. The SMILES string of the molecule is COc1cc(F)ccc1NC(=O)NC(C(=O)O)C(C)(C)C. The van der Waals surface area contributed by atoms with Gasteiger partial charge < -0.3 is 20.5 Å². The maximum Gasteiger partial charge on any atom is 0.326 e. The van der Waals surface area contributed by atoms with Gasteiger partial charge in [-0.05, 0) is 17.5 Å². The molecule has 116 valence electrons. The first-order valence-electron chi connectivity index (χ1n) is 6.29.